The van der Waals surface area contributed by atoms with E-state index in [1.807, 2.05) is 59.3 Å². The standard InChI is InChI=1S/C25H24N6O2/c1-2-6-21(32)29-17-13-18(14-17)31-25-22(24(26)27-15-28-25)23(30-31)16-9-11-20(12-10-16)33-19-7-4-3-5-8-19/h3-5,7-12,15,17-18,21,29,32H,13-14H2,1H3,(H2,26,27,28). The average molecular weight is 441 g/mol. The first-order valence-corrected chi connectivity index (χ1v) is 10.8. The molecule has 2 aromatic carbocycles. The number of fused-ring (bicyclic) bond motifs is 1. The molecule has 2 aromatic heterocycles. The minimum atomic E-state index is -0.819. The quantitative estimate of drug-likeness (QED) is 0.311. The molecule has 8 nitrogen and oxygen atoms in total. The smallest absolute Gasteiger partial charge is 0.168 e. The zero-order valence-corrected chi connectivity index (χ0v) is 18.1. The van der Waals surface area contributed by atoms with Crippen molar-refractivity contribution in [2.45, 2.75) is 38.1 Å². The van der Waals surface area contributed by atoms with Crippen LogP contribution in [0.4, 0.5) is 5.82 Å². The maximum atomic E-state index is 9.86. The summed E-state index contributed by atoms with van der Waals surface area (Å²) in [6.07, 6.45) is 2.27. The SMILES string of the molecule is CC#CC(O)NC1CC(n2nc(-c3ccc(Oc4ccccc4)cc3)c3c(N)ncnc32)C1. The molecule has 5 rings (SSSR count). The van der Waals surface area contributed by atoms with Crippen LogP contribution in [-0.2, 0) is 0 Å². The zero-order chi connectivity index (χ0) is 22.8. The van der Waals surface area contributed by atoms with E-state index in [0.29, 0.717) is 11.5 Å². The molecule has 0 saturated heterocycles. The monoisotopic (exact) mass is 440 g/mol. The van der Waals surface area contributed by atoms with Gasteiger partial charge in [0, 0.05) is 11.6 Å². The number of nitrogens with two attached hydrogens (primary N) is 1. The van der Waals surface area contributed by atoms with Crippen LogP contribution in [0.15, 0.2) is 60.9 Å². The molecule has 1 fully saturated rings. The van der Waals surface area contributed by atoms with Crippen LogP contribution in [0, 0.1) is 11.8 Å². The highest BCUT2D eigenvalue weighted by molar-refractivity contribution is 5.98. The summed E-state index contributed by atoms with van der Waals surface area (Å²) in [6, 6.07) is 17.7. The summed E-state index contributed by atoms with van der Waals surface area (Å²) >= 11 is 0. The van der Waals surface area contributed by atoms with E-state index in [9.17, 15) is 5.11 Å². The van der Waals surface area contributed by atoms with Crippen molar-refractivity contribution >= 4 is 16.9 Å². The predicted octanol–water partition coefficient (Wildman–Crippen LogP) is 3.50. The highest BCUT2D eigenvalue weighted by Gasteiger charge is 2.34. The Morgan fingerprint density at radius 2 is 1.82 bits per heavy atom. The minimum absolute atomic E-state index is 0.149. The van der Waals surface area contributed by atoms with Gasteiger partial charge in [0.2, 0.25) is 0 Å². The van der Waals surface area contributed by atoms with E-state index in [0.717, 1.165) is 41.0 Å². The van der Waals surface area contributed by atoms with E-state index in [2.05, 4.69) is 27.1 Å². The molecule has 1 saturated carbocycles. The van der Waals surface area contributed by atoms with Gasteiger partial charge in [-0.15, -0.1) is 5.92 Å². The van der Waals surface area contributed by atoms with Gasteiger partial charge in [0.15, 0.2) is 11.9 Å². The lowest BCUT2D eigenvalue weighted by atomic mass is 9.86. The lowest BCUT2D eigenvalue weighted by Crippen LogP contribution is -2.46. The third kappa shape index (κ3) is 4.24. The van der Waals surface area contributed by atoms with Crippen molar-refractivity contribution in [3.05, 3.63) is 60.9 Å². The van der Waals surface area contributed by atoms with Crippen LogP contribution in [0.2, 0.25) is 0 Å². The van der Waals surface area contributed by atoms with Crippen molar-refractivity contribution in [2.24, 2.45) is 0 Å². The van der Waals surface area contributed by atoms with Gasteiger partial charge in [0.05, 0.1) is 11.4 Å². The summed E-state index contributed by atoms with van der Waals surface area (Å²) in [5.74, 6) is 7.33. The van der Waals surface area contributed by atoms with Gasteiger partial charge < -0.3 is 15.6 Å². The fraction of sp³-hybridized carbons (Fsp3) is 0.240. The molecular weight excluding hydrogens is 416 g/mol. The first-order chi connectivity index (χ1) is 16.1. The molecule has 166 valence electrons. The molecule has 8 heteroatoms. The van der Waals surface area contributed by atoms with E-state index >= 15 is 0 Å². The Bertz CT molecular complexity index is 1320. The number of rotatable bonds is 6. The van der Waals surface area contributed by atoms with Crippen LogP contribution < -0.4 is 15.8 Å². The normalized spacial score (nSPS) is 18.2. The second-order valence-electron chi connectivity index (χ2n) is 7.98. The number of para-hydroxylation sites is 1. The Labute approximate surface area is 191 Å². The summed E-state index contributed by atoms with van der Waals surface area (Å²) in [4.78, 5) is 8.66. The number of aromatic nitrogens is 4. The number of aliphatic hydroxyl groups is 1. The van der Waals surface area contributed by atoms with Gasteiger partial charge in [0.1, 0.15) is 29.3 Å². The van der Waals surface area contributed by atoms with Gasteiger partial charge >= 0.3 is 0 Å². The van der Waals surface area contributed by atoms with E-state index in [1.54, 1.807) is 6.92 Å². The molecular formula is C25H24N6O2. The number of benzene rings is 2. The zero-order valence-electron chi connectivity index (χ0n) is 18.1. The number of ether oxygens (including phenoxy) is 1. The Morgan fingerprint density at radius 1 is 1.09 bits per heavy atom. The first kappa shape index (κ1) is 20.9. The highest BCUT2D eigenvalue weighted by atomic mass is 16.5. The second-order valence-corrected chi connectivity index (χ2v) is 7.98. The van der Waals surface area contributed by atoms with Gasteiger partial charge in [-0.25, -0.2) is 14.6 Å². The summed E-state index contributed by atoms with van der Waals surface area (Å²) in [6.45, 7) is 1.70. The summed E-state index contributed by atoms with van der Waals surface area (Å²) in [5, 5.41) is 18.6. The highest BCUT2D eigenvalue weighted by Crippen LogP contribution is 2.38. The topological polar surface area (TPSA) is 111 Å². The molecule has 1 unspecified atom stereocenters. The Balaban J connectivity index is 1.41. The molecule has 4 N–H and O–H groups in total. The number of nitrogens with zero attached hydrogens (tertiary/aromatic N) is 4. The minimum Gasteiger partial charge on any atom is -0.457 e. The first-order valence-electron chi connectivity index (χ1n) is 10.8. The Kier molecular flexibility index (Phi) is 5.65. The molecule has 1 atom stereocenters. The van der Waals surface area contributed by atoms with Gasteiger partial charge in [-0.05, 0) is 56.2 Å². The summed E-state index contributed by atoms with van der Waals surface area (Å²) < 4.78 is 7.82. The lowest BCUT2D eigenvalue weighted by Gasteiger charge is -2.36. The van der Waals surface area contributed by atoms with Gasteiger partial charge in [-0.3, -0.25) is 5.32 Å². The largest absolute Gasteiger partial charge is 0.457 e. The van der Waals surface area contributed by atoms with Crippen LogP contribution in [0.25, 0.3) is 22.3 Å². The Hall–Kier alpha value is -3.93. The molecule has 0 bridgehead atoms. The van der Waals surface area contributed by atoms with E-state index in [4.69, 9.17) is 15.6 Å². The third-order valence-corrected chi connectivity index (χ3v) is 5.76. The van der Waals surface area contributed by atoms with Crippen LogP contribution in [0.3, 0.4) is 0 Å². The number of aliphatic hydroxyl groups excluding tert-OH is 1. The molecule has 0 radical (unpaired) electrons. The fourth-order valence-corrected chi connectivity index (χ4v) is 4.08. The molecule has 0 spiro atoms. The third-order valence-electron chi connectivity index (χ3n) is 5.76. The van der Waals surface area contributed by atoms with Crippen molar-refractivity contribution in [2.75, 3.05) is 5.73 Å². The van der Waals surface area contributed by atoms with Gasteiger partial charge in [-0.1, -0.05) is 24.1 Å². The molecule has 1 aliphatic carbocycles. The molecule has 33 heavy (non-hydrogen) atoms. The number of hydrogen-bond donors (Lipinski definition) is 3. The predicted molar refractivity (Wildman–Crippen MR) is 126 cm³/mol. The number of anilines is 1. The molecule has 1 aliphatic rings. The van der Waals surface area contributed by atoms with Crippen LogP contribution in [0.5, 0.6) is 11.5 Å². The van der Waals surface area contributed by atoms with E-state index < -0.39 is 6.23 Å². The summed E-state index contributed by atoms with van der Waals surface area (Å²) in [5.41, 5.74) is 8.59. The number of nitrogens with one attached hydrogen (secondary N) is 1. The maximum Gasteiger partial charge on any atom is 0.168 e. The molecule has 2 heterocycles. The van der Waals surface area contributed by atoms with E-state index in [-0.39, 0.29) is 12.1 Å². The maximum absolute atomic E-state index is 9.86. The molecule has 0 aliphatic heterocycles. The fourth-order valence-electron chi connectivity index (χ4n) is 4.08. The van der Waals surface area contributed by atoms with Crippen LogP contribution >= 0.6 is 0 Å². The molecule has 4 aromatic rings. The van der Waals surface area contributed by atoms with Crippen molar-refractivity contribution in [3.63, 3.8) is 0 Å². The van der Waals surface area contributed by atoms with Crippen molar-refractivity contribution in [3.8, 4) is 34.6 Å². The second kappa shape index (κ2) is 8.90. The number of hydrogen-bond acceptors (Lipinski definition) is 7. The van der Waals surface area contributed by atoms with Crippen molar-refractivity contribution in [1.82, 2.24) is 25.1 Å². The van der Waals surface area contributed by atoms with Crippen LogP contribution in [0.1, 0.15) is 25.8 Å². The number of nitrogen functional groups attached to an aromatic ring is 1. The average Bonchev–Trinajstić information content (AvgIpc) is 3.18. The van der Waals surface area contributed by atoms with Crippen molar-refractivity contribution in [1.29, 1.82) is 0 Å². The van der Waals surface area contributed by atoms with E-state index in [1.165, 1.54) is 6.33 Å². The van der Waals surface area contributed by atoms with Crippen molar-refractivity contribution < 1.29 is 9.84 Å². The van der Waals surface area contributed by atoms with Crippen LogP contribution in [-0.4, -0.2) is 37.1 Å². The molecule has 0 amide bonds. The summed E-state index contributed by atoms with van der Waals surface area (Å²) in [7, 11) is 0. The van der Waals surface area contributed by atoms with Gasteiger partial charge in [-0.2, -0.15) is 5.10 Å². The van der Waals surface area contributed by atoms with Gasteiger partial charge in [0.25, 0.3) is 0 Å². The lowest BCUT2D eigenvalue weighted by molar-refractivity contribution is 0.123. The Morgan fingerprint density at radius 3 is 2.55 bits per heavy atom.